The quantitative estimate of drug-likeness (QED) is 0.373. The van der Waals surface area contributed by atoms with E-state index in [0.717, 1.165) is 0 Å². The summed E-state index contributed by atoms with van der Waals surface area (Å²) in [5, 5.41) is 38.9. The van der Waals surface area contributed by atoms with Gasteiger partial charge in [-0.05, 0) is 25.9 Å². The zero-order valence-corrected chi connectivity index (χ0v) is 11.1. The van der Waals surface area contributed by atoms with E-state index in [-0.39, 0.29) is 11.8 Å². The van der Waals surface area contributed by atoms with Crippen LogP contribution in [0.15, 0.2) is 0 Å². The summed E-state index contributed by atoms with van der Waals surface area (Å²) in [5.41, 5.74) is 5.26. The van der Waals surface area contributed by atoms with Crippen molar-refractivity contribution in [2.75, 3.05) is 19.7 Å². The van der Waals surface area contributed by atoms with E-state index in [4.69, 9.17) is 15.6 Å². The standard InChI is InChI=1S/C12H22N2O6/c13-11(18)6-1-3-14(4-2-6)8-10(17)9(16)7(5-15)20-12(8)19/h6-10,12,15-17,19H,1-5H2,(H2,13,18). The molecule has 5 unspecified atom stereocenters. The lowest BCUT2D eigenvalue weighted by molar-refractivity contribution is -0.273. The Morgan fingerprint density at radius 1 is 1.20 bits per heavy atom. The molecule has 2 rings (SSSR count). The topological polar surface area (TPSA) is 136 Å². The van der Waals surface area contributed by atoms with Gasteiger partial charge in [-0.3, -0.25) is 9.69 Å². The molecule has 0 saturated carbocycles. The number of carbonyl (C=O) groups is 1. The molecule has 1 amide bonds. The molecule has 0 aromatic carbocycles. The maximum Gasteiger partial charge on any atom is 0.220 e. The SMILES string of the molecule is NC(=O)C1CCN(C2C(O)OC(CO)C(O)C2O)CC1. The largest absolute Gasteiger partial charge is 0.394 e. The summed E-state index contributed by atoms with van der Waals surface area (Å²) < 4.78 is 5.12. The molecule has 0 aromatic rings. The van der Waals surface area contributed by atoms with Crippen molar-refractivity contribution < 1.29 is 30.0 Å². The molecule has 2 saturated heterocycles. The highest BCUT2D eigenvalue weighted by molar-refractivity contribution is 5.76. The minimum absolute atomic E-state index is 0.194. The average molecular weight is 290 g/mol. The third kappa shape index (κ3) is 2.95. The van der Waals surface area contributed by atoms with Gasteiger partial charge in [0.05, 0.1) is 12.6 Å². The van der Waals surface area contributed by atoms with Gasteiger partial charge < -0.3 is 30.9 Å². The van der Waals surface area contributed by atoms with Crippen LogP contribution in [0.2, 0.25) is 0 Å². The Bertz CT molecular complexity index is 347. The van der Waals surface area contributed by atoms with Crippen LogP contribution in [-0.4, -0.2) is 81.6 Å². The molecular formula is C12H22N2O6. The molecule has 2 fully saturated rings. The molecule has 2 aliphatic heterocycles. The number of amides is 1. The van der Waals surface area contributed by atoms with E-state index >= 15 is 0 Å². The summed E-state index contributed by atoms with van der Waals surface area (Å²) >= 11 is 0. The maximum absolute atomic E-state index is 11.1. The second-order valence-corrected chi connectivity index (χ2v) is 5.43. The maximum atomic E-state index is 11.1. The fraction of sp³-hybridized carbons (Fsp3) is 0.917. The summed E-state index contributed by atoms with van der Waals surface area (Å²) in [5.74, 6) is -0.536. The van der Waals surface area contributed by atoms with E-state index in [1.54, 1.807) is 4.90 Å². The summed E-state index contributed by atoms with van der Waals surface area (Å²) in [6.07, 6.45) is -3.69. The van der Waals surface area contributed by atoms with Crippen LogP contribution in [0.1, 0.15) is 12.8 Å². The zero-order chi connectivity index (χ0) is 14.9. The van der Waals surface area contributed by atoms with Crippen molar-refractivity contribution in [3.05, 3.63) is 0 Å². The van der Waals surface area contributed by atoms with Gasteiger partial charge in [-0.25, -0.2) is 0 Å². The number of nitrogens with two attached hydrogens (primary N) is 1. The van der Waals surface area contributed by atoms with Crippen LogP contribution in [0.4, 0.5) is 0 Å². The smallest absolute Gasteiger partial charge is 0.220 e. The van der Waals surface area contributed by atoms with Crippen molar-refractivity contribution in [2.45, 2.75) is 43.5 Å². The van der Waals surface area contributed by atoms with Crippen molar-refractivity contribution in [3.8, 4) is 0 Å². The number of carbonyl (C=O) groups excluding carboxylic acids is 1. The fourth-order valence-corrected chi connectivity index (χ4v) is 2.96. The van der Waals surface area contributed by atoms with Gasteiger partial charge in [-0.1, -0.05) is 0 Å². The van der Waals surface area contributed by atoms with E-state index in [9.17, 15) is 20.1 Å². The predicted octanol–water partition coefficient (Wildman–Crippen LogP) is -3.02. The molecule has 20 heavy (non-hydrogen) atoms. The van der Waals surface area contributed by atoms with E-state index in [0.29, 0.717) is 25.9 Å². The average Bonchev–Trinajstić information content (AvgIpc) is 2.43. The molecule has 6 N–H and O–H groups in total. The minimum Gasteiger partial charge on any atom is -0.394 e. The number of primary amides is 1. The summed E-state index contributed by atoms with van der Waals surface area (Å²) in [4.78, 5) is 12.9. The number of nitrogens with zero attached hydrogens (tertiary/aromatic N) is 1. The molecular weight excluding hydrogens is 268 g/mol. The Labute approximate surface area is 116 Å². The highest BCUT2D eigenvalue weighted by atomic mass is 16.6. The number of aliphatic hydroxyl groups excluding tert-OH is 4. The van der Waals surface area contributed by atoms with Gasteiger partial charge in [0.15, 0.2) is 6.29 Å². The van der Waals surface area contributed by atoms with Gasteiger partial charge >= 0.3 is 0 Å². The number of hydrogen-bond acceptors (Lipinski definition) is 7. The Morgan fingerprint density at radius 3 is 2.30 bits per heavy atom. The second-order valence-electron chi connectivity index (χ2n) is 5.43. The monoisotopic (exact) mass is 290 g/mol. The van der Waals surface area contributed by atoms with Crippen molar-refractivity contribution in [2.24, 2.45) is 11.7 Å². The van der Waals surface area contributed by atoms with E-state index in [1.165, 1.54) is 0 Å². The predicted molar refractivity (Wildman–Crippen MR) is 67.3 cm³/mol. The van der Waals surface area contributed by atoms with Crippen molar-refractivity contribution in [1.29, 1.82) is 0 Å². The Hall–Kier alpha value is -0.770. The Kier molecular flexibility index (Phi) is 4.95. The molecule has 8 nitrogen and oxygen atoms in total. The normalized spacial score (nSPS) is 40.7. The molecule has 0 radical (unpaired) electrons. The highest BCUT2D eigenvalue weighted by Crippen LogP contribution is 2.27. The first-order valence-corrected chi connectivity index (χ1v) is 6.79. The van der Waals surface area contributed by atoms with Crippen LogP contribution in [0, 0.1) is 5.92 Å². The van der Waals surface area contributed by atoms with Gasteiger partial charge in [0.2, 0.25) is 5.91 Å². The molecule has 2 heterocycles. The number of aliphatic hydroxyl groups is 4. The summed E-state index contributed by atoms with van der Waals surface area (Å²) in [7, 11) is 0. The third-order valence-corrected chi connectivity index (χ3v) is 4.22. The van der Waals surface area contributed by atoms with Gasteiger partial charge in [0, 0.05) is 5.92 Å². The lowest BCUT2D eigenvalue weighted by Crippen LogP contribution is -2.65. The first-order valence-electron chi connectivity index (χ1n) is 6.79. The third-order valence-electron chi connectivity index (χ3n) is 4.22. The lowest BCUT2D eigenvalue weighted by atomic mass is 9.91. The molecule has 8 heteroatoms. The number of likely N-dealkylation sites (tertiary alicyclic amines) is 1. The van der Waals surface area contributed by atoms with Gasteiger partial charge in [-0.15, -0.1) is 0 Å². The van der Waals surface area contributed by atoms with Crippen molar-refractivity contribution in [1.82, 2.24) is 4.90 Å². The van der Waals surface area contributed by atoms with Crippen LogP contribution < -0.4 is 5.73 Å². The first kappa shape index (κ1) is 15.6. The Balaban J connectivity index is 2.00. The molecule has 5 atom stereocenters. The van der Waals surface area contributed by atoms with E-state index in [1.807, 2.05) is 0 Å². The van der Waals surface area contributed by atoms with Crippen LogP contribution in [-0.2, 0) is 9.53 Å². The van der Waals surface area contributed by atoms with Crippen LogP contribution in [0.25, 0.3) is 0 Å². The number of hydrogen-bond donors (Lipinski definition) is 5. The molecule has 0 aromatic heterocycles. The second kappa shape index (κ2) is 6.33. The number of rotatable bonds is 3. The summed E-state index contributed by atoms with van der Waals surface area (Å²) in [6.45, 7) is 0.476. The van der Waals surface area contributed by atoms with E-state index < -0.39 is 37.3 Å². The van der Waals surface area contributed by atoms with Crippen LogP contribution >= 0.6 is 0 Å². The van der Waals surface area contributed by atoms with E-state index in [2.05, 4.69) is 0 Å². The van der Waals surface area contributed by atoms with Crippen LogP contribution in [0.3, 0.4) is 0 Å². The number of piperidine rings is 1. The highest BCUT2D eigenvalue weighted by Gasteiger charge is 2.46. The van der Waals surface area contributed by atoms with Crippen molar-refractivity contribution >= 4 is 5.91 Å². The minimum atomic E-state index is -1.30. The van der Waals surface area contributed by atoms with Gasteiger partial charge in [-0.2, -0.15) is 0 Å². The lowest BCUT2D eigenvalue weighted by Gasteiger charge is -2.46. The molecule has 0 aliphatic carbocycles. The molecule has 116 valence electrons. The van der Waals surface area contributed by atoms with Gasteiger partial charge in [0.25, 0.3) is 0 Å². The molecule has 2 aliphatic rings. The Morgan fingerprint density at radius 2 is 1.80 bits per heavy atom. The first-order chi connectivity index (χ1) is 9.45. The van der Waals surface area contributed by atoms with Crippen LogP contribution in [0.5, 0.6) is 0 Å². The molecule has 0 spiro atoms. The number of ether oxygens (including phenoxy) is 1. The van der Waals surface area contributed by atoms with Crippen molar-refractivity contribution in [3.63, 3.8) is 0 Å². The fourth-order valence-electron chi connectivity index (χ4n) is 2.96. The zero-order valence-electron chi connectivity index (χ0n) is 11.1. The summed E-state index contributed by atoms with van der Waals surface area (Å²) in [6, 6.07) is -0.776. The van der Waals surface area contributed by atoms with Gasteiger partial charge in [0.1, 0.15) is 18.3 Å². The molecule has 0 bridgehead atoms.